The lowest BCUT2D eigenvalue weighted by Gasteiger charge is -2.23. The van der Waals surface area contributed by atoms with Crippen molar-refractivity contribution in [1.82, 2.24) is 14.7 Å². The van der Waals surface area contributed by atoms with E-state index in [9.17, 15) is 14.9 Å². The van der Waals surface area contributed by atoms with Crippen molar-refractivity contribution in [3.8, 4) is 28.8 Å². The lowest BCUT2D eigenvalue weighted by molar-refractivity contribution is -0.138. The lowest BCUT2D eigenvalue weighted by atomic mass is 9.93. The highest BCUT2D eigenvalue weighted by Gasteiger charge is 2.33. The fourth-order valence-corrected chi connectivity index (χ4v) is 4.00. The van der Waals surface area contributed by atoms with Gasteiger partial charge in [-0.2, -0.15) is 10.4 Å². The van der Waals surface area contributed by atoms with Crippen molar-refractivity contribution in [2.24, 2.45) is 0 Å². The van der Waals surface area contributed by atoms with E-state index in [0.717, 1.165) is 22.6 Å². The number of hydrogen-bond acceptors (Lipinski definition) is 5. The average molecular weight is 487 g/mol. The van der Waals surface area contributed by atoms with Crippen LogP contribution in [0.3, 0.4) is 0 Å². The van der Waals surface area contributed by atoms with E-state index < -0.39 is 11.8 Å². The number of para-hydroxylation sites is 1. The molecule has 7 nitrogen and oxygen atoms in total. The Hall–Kier alpha value is -4.15. The van der Waals surface area contributed by atoms with Gasteiger partial charge in [0.25, 0.3) is 11.8 Å². The van der Waals surface area contributed by atoms with Crippen LogP contribution in [0.1, 0.15) is 25.8 Å². The second-order valence-corrected chi connectivity index (χ2v) is 8.45. The summed E-state index contributed by atoms with van der Waals surface area (Å²) in [4.78, 5) is 26.3. The molecule has 0 bridgehead atoms. The van der Waals surface area contributed by atoms with E-state index in [0.29, 0.717) is 34.2 Å². The van der Waals surface area contributed by atoms with E-state index in [1.54, 1.807) is 36.0 Å². The van der Waals surface area contributed by atoms with Crippen LogP contribution in [0, 0.1) is 11.3 Å². The first-order valence-electron chi connectivity index (χ1n) is 11.1. The zero-order valence-corrected chi connectivity index (χ0v) is 20.3. The van der Waals surface area contributed by atoms with Crippen molar-refractivity contribution >= 4 is 29.5 Å². The summed E-state index contributed by atoms with van der Waals surface area (Å²) in [6.45, 7) is 4.18. The topological polar surface area (TPSA) is 88.2 Å². The van der Waals surface area contributed by atoms with E-state index in [4.69, 9.17) is 21.4 Å². The van der Waals surface area contributed by atoms with E-state index >= 15 is 0 Å². The molecule has 0 atom stereocenters. The Kier molecular flexibility index (Phi) is 6.85. The number of aromatic nitrogens is 2. The molecular weight excluding hydrogens is 464 g/mol. The molecule has 0 saturated heterocycles. The highest BCUT2D eigenvalue weighted by Crippen LogP contribution is 2.34. The molecule has 35 heavy (non-hydrogen) atoms. The van der Waals surface area contributed by atoms with E-state index in [1.165, 1.54) is 7.05 Å². The number of benzene rings is 2. The van der Waals surface area contributed by atoms with Crippen molar-refractivity contribution in [3.63, 3.8) is 0 Å². The zero-order valence-electron chi connectivity index (χ0n) is 19.6. The van der Waals surface area contributed by atoms with Crippen LogP contribution in [0.5, 0.6) is 5.75 Å². The molecule has 2 heterocycles. The van der Waals surface area contributed by atoms with Crippen LogP contribution >= 0.6 is 11.6 Å². The van der Waals surface area contributed by atoms with Gasteiger partial charge in [-0.05, 0) is 55.3 Å². The number of hydrogen-bond donors (Lipinski definition) is 0. The van der Waals surface area contributed by atoms with Crippen molar-refractivity contribution in [3.05, 3.63) is 82.0 Å². The van der Waals surface area contributed by atoms with Gasteiger partial charge < -0.3 is 4.74 Å². The first-order chi connectivity index (χ1) is 16.8. The van der Waals surface area contributed by atoms with Gasteiger partial charge in [-0.15, -0.1) is 0 Å². The highest BCUT2D eigenvalue weighted by molar-refractivity contribution is 6.32. The minimum atomic E-state index is -0.609. The van der Waals surface area contributed by atoms with E-state index in [-0.39, 0.29) is 11.1 Å². The van der Waals surface area contributed by atoms with Gasteiger partial charge in [-0.1, -0.05) is 36.7 Å². The molecule has 8 heteroatoms. The first-order valence-corrected chi connectivity index (χ1v) is 11.5. The Bertz CT molecular complexity index is 1410. The standard InChI is InChI=1S/C27H23ClN4O3/c1-4-12-35-24-11-10-18(14-23(24)28)25-19(16-32(30-25)20-8-6-5-7-9-20)13-21-17(2)22(15-29)27(34)31(3)26(21)33/h5-11,13-14,16H,4,12H2,1-3H3/b21-13+. The van der Waals surface area contributed by atoms with Gasteiger partial charge in [0.1, 0.15) is 23.1 Å². The van der Waals surface area contributed by atoms with E-state index in [1.807, 2.05) is 49.4 Å². The third-order valence-electron chi connectivity index (χ3n) is 5.67. The Labute approximate surface area is 208 Å². The molecule has 3 aromatic rings. The van der Waals surface area contributed by atoms with Crippen LogP contribution in [-0.2, 0) is 9.59 Å². The van der Waals surface area contributed by atoms with Crippen molar-refractivity contribution < 1.29 is 14.3 Å². The molecule has 1 aliphatic rings. The zero-order chi connectivity index (χ0) is 25.1. The van der Waals surface area contributed by atoms with Crippen molar-refractivity contribution in [2.75, 3.05) is 13.7 Å². The molecule has 0 aliphatic carbocycles. The van der Waals surface area contributed by atoms with Crippen LogP contribution < -0.4 is 4.74 Å². The molecule has 1 aliphatic heterocycles. The summed E-state index contributed by atoms with van der Waals surface area (Å²) in [7, 11) is 1.37. The lowest BCUT2D eigenvalue weighted by Crippen LogP contribution is -2.39. The summed E-state index contributed by atoms with van der Waals surface area (Å²) in [5.41, 5.74) is 3.32. The molecule has 4 rings (SSSR count). The molecule has 0 N–H and O–H groups in total. The molecule has 2 amide bonds. The van der Waals surface area contributed by atoms with Crippen LogP contribution in [0.4, 0.5) is 0 Å². The van der Waals surface area contributed by atoms with Gasteiger partial charge in [-0.3, -0.25) is 14.5 Å². The van der Waals surface area contributed by atoms with Gasteiger partial charge in [0.05, 0.1) is 17.3 Å². The predicted molar refractivity (Wildman–Crippen MR) is 134 cm³/mol. The number of halogens is 1. The maximum Gasteiger partial charge on any atom is 0.271 e. The summed E-state index contributed by atoms with van der Waals surface area (Å²) < 4.78 is 7.40. The number of ether oxygens (including phenoxy) is 1. The number of amides is 2. The van der Waals surface area contributed by atoms with Gasteiger partial charge in [0.2, 0.25) is 0 Å². The number of carbonyl (C=O) groups excluding carboxylic acids is 2. The largest absolute Gasteiger partial charge is 0.492 e. The van der Waals surface area contributed by atoms with Gasteiger partial charge in [0.15, 0.2) is 0 Å². The average Bonchev–Trinajstić information content (AvgIpc) is 3.29. The highest BCUT2D eigenvalue weighted by atomic mass is 35.5. The maximum absolute atomic E-state index is 13.0. The van der Waals surface area contributed by atoms with Crippen molar-refractivity contribution in [2.45, 2.75) is 20.3 Å². The summed E-state index contributed by atoms with van der Waals surface area (Å²) >= 11 is 6.49. The Morgan fingerprint density at radius 2 is 1.89 bits per heavy atom. The van der Waals surface area contributed by atoms with E-state index in [2.05, 4.69) is 0 Å². The second kappa shape index (κ2) is 10.00. The predicted octanol–water partition coefficient (Wildman–Crippen LogP) is 5.20. The molecular formula is C27H23ClN4O3. The third kappa shape index (κ3) is 4.61. The van der Waals surface area contributed by atoms with Crippen molar-refractivity contribution in [1.29, 1.82) is 5.26 Å². The smallest absolute Gasteiger partial charge is 0.271 e. The minimum absolute atomic E-state index is 0.0594. The number of nitrogens with zero attached hydrogens (tertiary/aromatic N) is 4. The molecule has 1 aromatic heterocycles. The second-order valence-electron chi connectivity index (χ2n) is 8.05. The Balaban J connectivity index is 1.89. The SMILES string of the molecule is CCCOc1ccc(-c2nn(-c3ccccc3)cc2/C=C2/C(=O)N(C)C(=O)C(C#N)=C2C)cc1Cl. The summed E-state index contributed by atoms with van der Waals surface area (Å²) in [6.07, 6.45) is 4.32. The quantitative estimate of drug-likeness (QED) is 0.353. The molecule has 0 spiro atoms. The monoisotopic (exact) mass is 486 g/mol. The fourth-order valence-electron chi connectivity index (χ4n) is 3.76. The fraction of sp³-hybridized carbons (Fsp3) is 0.185. The molecule has 0 fully saturated rings. The summed E-state index contributed by atoms with van der Waals surface area (Å²) in [5.74, 6) is -0.507. The van der Waals surface area contributed by atoms with Crippen LogP contribution in [0.2, 0.25) is 5.02 Å². The number of carbonyl (C=O) groups is 2. The Morgan fingerprint density at radius 3 is 2.54 bits per heavy atom. The third-order valence-corrected chi connectivity index (χ3v) is 5.97. The van der Waals surface area contributed by atoms with Crippen LogP contribution in [0.25, 0.3) is 23.0 Å². The van der Waals surface area contributed by atoms with Crippen LogP contribution in [-0.4, -0.2) is 40.1 Å². The number of imide groups is 1. The first kappa shape index (κ1) is 24.0. The molecule has 0 saturated carbocycles. The molecule has 0 unspecified atom stereocenters. The summed E-state index contributed by atoms with van der Waals surface area (Å²) in [6, 6.07) is 16.9. The molecule has 2 aromatic carbocycles. The summed E-state index contributed by atoms with van der Waals surface area (Å²) in [5, 5.41) is 14.7. The maximum atomic E-state index is 13.0. The Morgan fingerprint density at radius 1 is 1.14 bits per heavy atom. The van der Waals surface area contributed by atoms with Gasteiger partial charge in [-0.25, -0.2) is 4.68 Å². The molecule has 0 radical (unpaired) electrons. The number of nitriles is 1. The minimum Gasteiger partial charge on any atom is -0.492 e. The van der Waals surface area contributed by atoms with Crippen LogP contribution in [0.15, 0.2) is 71.4 Å². The van der Waals surface area contributed by atoms with Gasteiger partial charge in [0, 0.05) is 29.9 Å². The number of rotatable bonds is 6. The normalized spacial score (nSPS) is 15.1. The molecule has 176 valence electrons. The van der Waals surface area contributed by atoms with Gasteiger partial charge >= 0.3 is 0 Å². The number of likely N-dealkylation sites (N-methyl/N-ethyl adjacent to an activating group) is 1.